The minimum absolute atomic E-state index is 0.0222. The molecule has 0 radical (unpaired) electrons. The van der Waals surface area contributed by atoms with E-state index >= 15 is 0 Å². The lowest BCUT2D eigenvalue weighted by atomic mass is 9.95. The van der Waals surface area contributed by atoms with Crippen LogP contribution in [0, 0.1) is 12.8 Å². The SMILES string of the molecule is Cc1ccc(N2CCC(C(=O)N(C)CCO)CC2)nc1. The number of carbonyl (C=O) groups is 1. The van der Waals surface area contributed by atoms with Crippen molar-refractivity contribution in [3.8, 4) is 0 Å². The van der Waals surface area contributed by atoms with Gasteiger partial charge in [-0.3, -0.25) is 4.79 Å². The van der Waals surface area contributed by atoms with E-state index in [0.717, 1.165) is 37.3 Å². The van der Waals surface area contributed by atoms with Gasteiger partial charge in [0.05, 0.1) is 6.61 Å². The largest absolute Gasteiger partial charge is 0.395 e. The fraction of sp³-hybridized carbons (Fsp3) is 0.600. The van der Waals surface area contributed by atoms with Gasteiger partial charge < -0.3 is 14.9 Å². The molecule has 5 heteroatoms. The first-order chi connectivity index (χ1) is 9.61. The molecule has 1 aliphatic heterocycles. The lowest BCUT2D eigenvalue weighted by molar-refractivity contribution is -0.135. The van der Waals surface area contributed by atoms with E-state index in [4.69, 9.17) is 5.11 Å². The van der Waals surface area contributed by atoms with Gasteiger partial charge >= 0.3 is 0 Å². The van der Waals surface area contributed by atoms with Crippen molar-refractivity contribution < 1.29 is 9.90 Å². The molecule has 5 nitrogen and oxygen atoms in total. The average Bonchev–Trinajstić information content (AvgIpc) is 2.48. The quantitative estimate of drug-likeness (QED) is 0.894. The molecular formula is C15H23N3O2. The first-order valence-corrected chi connectivity index (χ1v) is 7.15. The number of hydrogen-bond acceptors (Lipinski definition) is 4. The predicted molar refractivity (Wildman–Crippen MR) is 78.6 cm³/mol. The summed E-state index contributed by atoms with van der Waals surface area (Å²) in [6.45, 7) is 4.18. The fourth-order valence-electron chi connectivity index (χ4n) is 2.57. The highest BCUT2D eigenvalue weighted by Crippen LogP contribution is 2.23. The highest BCUT2D eigenvalue weighted by molar-refractivity contribution is 5.78. The van der Waals surface area contributed by atoms with Crippen molar-refractivity contribution in [2.45, 2.75) is 19.8 Å². The first-order valence-electron chi connectivity index (χ1n) is 7.15. The van der Waals surface area contributed by atoms with Crippen LogP contribution in [0.25, 0.3) is 0 Å². The number of anilines is 1. The summed E-state index contributed by atoms with van der Waals surface area (Å²) in [5.74, 6) is 1.22. The molecule has 2 heterocycles. The van der Waals surface area contributed by atoms with Crippen LogP contribution in [0.15, 0.2) is 18.3 Å². The van der Waals surface area contributed by atoms with E-state index in [2.05, 4.69) is 16.0 Å². The minimum atomic E-state index is 0.0222. The first kappa shape index (κ1) is 14.8. The maximum atomic E-state index is 12.2. The average molecular weight is 277 g/mol. The number of aliphatic hydroxyl groups is 1. The third-order valence-corrected chi connectivity index (χ3v) is 3.88. The van der Waals surface area contributed by atoms with Crippen molar-refractivity contribution in [3.63, 3.8) is 0 Å². The predicted octanol–water partition coefficient (Wildman–Crippen LogP) is 1.06. The molecule has 1 aliphatic rings. The fourth-order valence-corrected chi connectivity index (χ4v) is 2.57. The molecule has 0 atom stereocenters. The molecule has 1 N–H and O–H groups in total. The molecule has 0 aliphatic carbocycles. The second-order valence-corrected chi connectivity index (χ2v) is 5.44. The van der Waals surface area contributed by atoms with Gasteiger partial charge in [-0.1, -0.05) is 6.07 Å². The monoisotopic (exact) mass is 277 g/mol. The van der Waals surface area contributed by atoms with Crippen LogP contribution in [0.3, 0.4) is 0 Å². The molecule has 110 valence electrons. The van der Waals surface area contributed by atoms with Gasteiger partial charge in [0.2, 0.25) is 5.91 Å². The summed E-state index contributed by atoms with van der Waals surface area (Å²) in [4.78, 5) is 20.5. The molecule has 0 spiro atoms. The van der Waals surface area contributed by atoms with Crippen LogP contribution in [0.1, 0.15) is 18.4 Å². The molecule has 20 heavy (non-hydrogen) atoms. The van der Waals surface area contributed by atoms with Crippen molar-refractivity contribution in [2.75, 3.05) is 38.2 Å². The molecule has 1 saturated heterocycles. The molecule has 2 rings (SSSR count). The zero-order valence-electron chi connectivity index (χ0n) is 12.2. The number of hydrogen-bond donors (Lipinski definition) is 1. The molecule has 0 aromatic carbocycles. The Morgan fingerprint density at radius 1 is 1.45 bits per heavy atom. The van der Waals surface area contributed by atoms with Crippen LogP contribution in [0.2, 0.25) is 0 Å². The maximum Gasteiger partial charge on any atom is 0.225 e. The van der Waals surface area contributed by atoms with Gasteiger partial charge in [-0.05, 0) is 31.4 Å². The van der Waals surface area contributed by atoms with Gasteiger partial charge in [0, 0.05) is 38.8 Å². The van der Waals surface area contributed by atoms with Crippen molar-refractivity contribution >= 4 is 11.7 Å². The lowest BCUT2D eigenvalue weighted by Crippen LogP contribution is -2.42. The molecule has 0 saturated carbocycles. The number of aromatic nitrogens is 1. The summed E-state index contributed by atoms with van der Waals surface area (Å²) in [7, 11) is 1.76. The number of likely N-dealkylation sites (N-methyl/N-ethyl adjacent to an activating group) is 1. The van der Waals surface area contributed by atoms with Gasteiger partial charge in [0.15, 0.2) is 0 Å². The van der Waals surface area contributed by atoms with Crippen molar-refractivity contribution in [1.29, 1.82) is 0 Å². The van der Waals surface area contributed by atoms with E-state index in [1.807, 2.05) is 19.2 Å². The highest BCUT2D eigenvalue weighted by atomic mass is 16.3. The Labute approximate surface area is 120 Å². The molecule has 0 unspecified atom stereocenters. The van der Waals surface area contributed by atoms with Gasteiger partial charge in [-0.2, -0.15) is 0 Å². The van der Waals surface area contributed by atoms with Gasteiger partial charge in [-0.25, -0.2) is 4.98 Å². The Morgan fingerprint density at radius 3 is 2.70 bits per heavy atom. The molecule has 0 bridgehead atoms. The topological polar surface area (TPSA) is 56.7 Å². The number of nitrogens with zero attached hydrogens (tertiary/aromatic N) is 3. The van der Waals surface area contributed by atoms with Gasteiger partial charge in [-0.15, -0.1) is 0 Å². The van der Waals surface area contributed by atoms with E-state index in [1.165, 1.54) is 0 Å². The summed E-state index contributed by atoms with van der Waals surface area (Å²) in [5, 5.41) is 8.89. The van der Waals surface area contributed by atoms with Crippen LogP contribution in [0.5, 0.6) is 0 Å². The van der Waals surface area contributed by atoms with Crippen LogP contribution >= 0.6 is 0 Å². The summed E-state index contributed by atoms with van der Waals surface area (Å²) in [6, 6.07) is 4.10. The molecule has 1 amide bonds. The van der Waals surface area contributed by atoms with E-state index in [-0.39, 0.29) is 18.4 Å². The van der Waals surface area contributed by atoms with Crippen LogP contribution < -0.4 is 4.90 Å². The lowest BCUT2D eigenvalue weighted by Gasteiger charge is -2.33. The highest BCUT2D eigenvalue weighted by Gasteiger charge is 2.27. The second-order valence-electron chi connectivity index (χ2n) is 5.44. The summed E-state index contributed by atoms with van der Waals surface area (Å²) in [6.07, 6.45) is 3.58. The number of pyridine rings is 1. The summed E-state index contributed by atoms with van der Waals surface area (Å²) >= 11 is 0. The normalized spacial score (nSPS) is 16.2. The van der Waals surface area contributed by atoms with Gasteiger partial charge in [0.1, 0.15) is 5.82 Å². The molecular weight excluding hydrogens is 254 g/mol. The number of piperidine rings is 1. The Bertz CT molecular complexity index is 439. The number of amides is 1. The number of rotatable bonds is 4. The smallest absolute Gasteiger partial charge is 0.225 e. The van der Waals surface area contributed by atoms with Crippen molar-refractivity contribution in [1.82, 2.24) is 9.88 Å². The number of aryl methyl sites for hydroxylation is 1. The Hall–Kier alpha value is -1.62. The second kappa shape index (κ2) is 6.70. The Balaban J connectivity index is 1.89. The summed E-state index contributed by atoms with van der Waals surface area (Å²) in [5.41, 5.74) is 1.16. The van der Waals surface area contributed by atoms with Crippen LogP contribution in [-0.2, 0) is 4.79 Å². The third kappa shape index (κ3) is 3.48. The zero-order chi connectivity index (χ0) is 14.5. The Kier molecular flexibility index (Phi) is 4.95. The van der Waals surface area contributed by atoms with Crippen molar-refractivity contribution in [2.24, 2.45) is 5.92 Å². The van der Waals surface area contributed by atoms with E-state index in [0.29, 0.717) is 6.54 Å². The van der Waals surface area contributed by atoms with E-state index in [9.17, 15) is 4.79 Å². The molecule has 1 aromatic rings. The van der Waals surface area contributed by atoms with Crippen molar-refractivity contribution in [3.05, 3.63) is 23.9 Å². The maximum absolute atomic E-state index is 12.2. The van der Waals surface area contributed by atoms with Crippen LogP contribution in [-0.4, -0.2) is 54.2 Å². The van der Waals surface area contributed by atoms with E-state index < -0.39 is 0 Å². The minimum Gasteiger partial charge on any atom is -0.395 e. The standard InChI is InChI=1S/C15H23N3O2/c1-12-3-4-14(16-11-12)18-7-5-13(6-8-18)15(20)17(2)9-10-19/h3-4,11,13,19H,5-10H2,1-2H3. The molecule has 1 fully saturated rings. The van der Waals surface area contributed by atoms with E-state index in [1.54, 1.807) is 11.9 Å². The summed E-state index contributed by atoms with van der Waals surface area (Å²) < 4.78 is 0. The third-order valence-electron chi connectivity index (χ3n) is 3.88. The Morgan fingerprint density at radius 2 is 2.15 bits per heavy atom. The molecule has 1 aromatic heterocycles. The zero-order valence-corrected chi connectivity index (χ0v) is 12.2. The number of carbonyl (C=O) groups excluding carboxylic acids is 1. The number of aliphatic hydroxyl groups excluding tert-OH is 1. The van der Waals surface area contributed by atoms with Crippen LogP contribution in [0.4, 0.5) is 5.82 Å². The van der Waals surface area contributed by atoms with Gasteiger partial charge in [0.25, 0.3) is 0 Å².